The molecule has 23 heavy (non-hydrogen) atoms. The number of anilines is 1. The van der Waals surface area contributed by atoms with Gasteiger partial charge >= 0.3 is 0 Å². The molecule has 0 spiro atoms. The number of rotatable bonds is 6. The molecule has 2 aromatic rings. The van der Waals surface area contributed by atoms with E-state index in [2.05, 4.69) is 15.0 Å². The van der Waals surface area contributed by atoms with Crippen molar-refractivity contribution in [3.05, 3.63) is 11.6 Å². The van der Waals surface area contributed by atoms with Crippen molar-refractivity contribution in [2.45, 2.75) is 27.0 Å². The van der Waals surface area contributed by atoms with Gasteiger partial charge in [0.15, 0.2) is 11.5 Å². The lowest BCUT2D eigenvalue weighted by Gasteiger charge is -2.41. The van der Waals surface area contributed by atoms with Crippen molar-refractivity contribution in [1.29, 1.82) is 0 Å². The molecule has 0 aliphatic carbocycles. The van der Waals surface area contributed by atoms with Crippen LogP contribution in [0.4, 0.5) is 5.82 Å². The summed E-state index contributed by atoms with van der Waals surface area (Å²) < 4.78 is 1.39. The first-order valence-corrected chi connectivity index (χ1v) is 7.69. The van der Waals surface area contributed by atoms with Gasteiger partial charge in [-0.1, -0.05) is 20.8 Å². The molecule has 2 rings (SSSR count). The average molecular weight is 344 g/mol. The fourth-order valence-corrected chi connectivity index (χ4v) is 2.84. The van der Waals surface area contributed by atoms with Gasteiger partial charge in [-0.05, 0) is 17.5 Å². The quantitative estimate of drug-likeness (QED) is 0.571. The summed E-state index contributed by atoms with van der Waals surface area (Å²) in [6.07, 6.45) is 0.215. The maximum absolute atomic E-state index is 10.8. The van der Waals surface area contributed by atoms with Gasteiger partial charge in [0.1, 0.15) is 11.7 Å². The Kier molecular flexibility index (Phi) is 5.10. The third-order valence-electron chi connectivity index (χ3n) is 4.77. The summed E-state index contributed by atoms with van der Waals surface area (Å²) in [6, 6.07) is 0. The highest BCUT2D eigenvalue weighted by atomic mass is 35.5. The van der Waals surface area contributed by atoms with Crippen LogP contribution in [0.2, 0.25) is 5.28 Å². The van der Waals surface area contributed by atoms with Crippen molar-refractivity contribution in [3.63, 3.8) is 0 Å². The van der Waals surface area contributed by atoms with Crippen LogP contribution in [0, 0.1) is 17.3 Å². The standard InChI is InChI=1S/C14H22ClN5O3/c1-7(2)14(3,5-22)8(4-21)12(23)20-6-17-9-10(16)18-13(15)19-11(9)20/h6-8,12,21-23H,4-5H2,1-3H3,(H2,16,18,19)/t8-,12+,14-/m0/s1. The van der Waals surface area contributed by atoms with Crippen molar-refractivity contribution in [2.24, 2.45) is 17.3 Å². The van der Waals surface area contributed by atoms with E-state index in [4.69, 9.17) is 17.3 Å². The Morgan fingerprint density at radius 2 is 2.00 bits per heavy atom. The molecule has 2 heterocycles. The van der Waals surface area contributed by atoms with E-state index < -0.39 is 17.6 Å². The number of nitrogens with zero attached hydrogens (tertiary/aromatic N) is 4. The van der Waals surface area contributed by atoms with Gasteiger partial charge in [0, 0.05) is 17.9 Å². The minimum Gasteiger partial charge on any atom is -0.396 e. The van der Waals surface area contributed by atoms with Crippen LogP contribution in [0.5, 0.6) is 0 Å². The van der Waals surface area contributed by atoms with Crippen LogP contribution in [-0.4, -0.2) is 48.1 Å². The summed E-state index contributed by atoms with van der Waals surface area (Å²) in [5, 5.41) is 30.3. The molecule has 9 heteroatoms. The Bertz CT molecular complexity index is 692. The first-order valence-electron chi connectivity index (χ1n) is 7.31. The molecule has 0 saturated heterocycles. The number of aromatic nitrogens is 4. The Hall–Kier alpha value is -1.48. The molecular formula is C14H22ClN5O3. The number of nitrogens with two attached hydrogens (primary N) is 1. The van der Waals surface area contributed by atoms with Gasteiger partial charge in [-0.2, -0.15) is 9.97 Å². The molecule has 0 saturated carbocycles. The normalized spacial score (nSPS) is 17.4. The fraction of sp³-hybridized carbons (Fsp3) is 0.643. The smallest absolute Gasteiger partial charge is 0.226 e. The molecule has 2 aromatic heterocycles. The van der Waals surface area contributed by atoms with E-state index in [1.54, 1.807) is 0 Å². The Morgan fingerprint density at radius 3 is 2.52 bits per heavy atom. The molecule has 128 valence electrons. The highest BCUT2D eigenvalue weighted by Gasteiger charge is 2.41. The average Bonchev–Trinajstić information content (AvgIpc) is 2.91. The lowest BCUT2D eigenvalue weighted by Crippen LogP contribution is -2.43. The topological polar surface area (TPSA) is 130 Å². The largest absolute Gasteiger partial charge is 0.396 e. The van der Waals surface area contributed by atoms with Crippen LogP contribution in [-0.2, 0) is 0 Å². The van der Waals surface area contributed by atoms with Gasteiger partial charge in [-0.25, -0.2) is 4.98 Å². The number of halogens is 1. The number of hydrogen-bond donors (Lipinski definition) is 4. The van der Waals surface area contributed by atoms with Crippen LogP contribution in [0.15, 0.2) is 6.33 Å². The second-order valence-electron chi connectivity index (χ2n) is 6.22. The molecule has 0 unspecified atom stereocenters. The van der Waals surface area contributed by atoms with Crippen molar-refractivity contribution in [1.82, 2.24) is 19.5 Å². The molecule has 0 aromatic carbocycles. The number of aliphatic hydroxyl groups is 3. The van der Waals surface area contributed by atoms with Crippen molar-refractivity contribution >= 4 is 28.6 Å². The predicted molar refractivity (Wildman–Crippen MR) is 86.6 cm³/mol. The number of aliphatic hydroxyl groups excluding tert-OH is 3. The van der Waals surface area contributed by atoms with Crippen LogP contribution < -0.4 is 5.73 Å². The van der Waals surface area contributed by atoms with Crippen molar-refractivity contribution in [2.75, 3.05) is 18.9 Å². The van der Waals surface area contributed by atoms with Gasteiger partial charge in [-0.15, -0.1) is 0 Å². The van der Waals surface area contributed by atoms with Gasteiger partial charge in [0.25, 0.3) is 0 Å². The van der Waals surface area contributed by atoms with E-state index in [-0.39, 0.29) is 35.9 Å². The van der Waals surface area contributed by atoms with Crippen LogP contribution in [0.3, 0.4) is 0 Å². The molecule has 0 radical (unpaired) electrons. The Labute approximate surface area is 139 Å². The molecule has 0 fully saturated rings. The van der Waals surface area contributed by atoms with E-state index in [1.807, 2.05) is 20.8 Å². The maximum atomic E-state index is 10.8. The molecule has 0 bridgehead atoms. The summed E-state index contributed by atoms with van der Waals surface area (Å²) >= 11 is 5.82. The van der Waals surface area contributed by atoms with E-state index in [1.165, 1.54) is 10.9 Å². The van der Waals surface area contributed by atoms with Crippen molar-refractivity contribution in [3.8, 4) is 0 Å². The third-order valence-corrected chi connectivity index (χ3v) is 4.94. The summed E-state index contributed by atoms with van der Waals surface area (Å²) in [4.78, 5) is 12.0. The predicted octanol–water partition coefficient (Wildman–Crippen LogP) is 0.816. The lowest BCUT2D eigenvalue weighted by molar-refractivity contribution is -0.0890. The highest BCUT2D eigenvalue weighted by molar-refractivity contribution is 6.28. The monoisotopic (exact) mass is 343 g/mol. The van der Waals surface area contributed by atoms with E-state index in [0.29, 0.717) is 5.52 Å². The van der Waals surface area contributed by atoms with Gasteiger partial charge in [0.05, 0.1) is 12.9 Å². The highest BCUT2D eigenvalue weighted by Crippen LogP contribution is 2.41. The molecule has 0 amide bonds. The first-order chi connectivity index (χ1) is 10.8. The molecule has 5 N–H and O–H groups in total. The lowest BCUT2D eigenvalue weighted by atomic mass is 9.69. The zero-order chi connectivity index (χ0) is 17.4. The summed E-state index contributed by atoms with van der Waals surface area (Å²) in [5.74, 6) is -0.502. The Morgan fingerprint density at radius 1 is 1.35 bits per heavy atom. The SMILES string of the molecule is CC(C)[C@](C)(CO)[C@@H](CO)[C@@H](O)n1cnc2c(N)nc(Cl)nc21. The number of imidazole rings is 1. The first kappa shape index (κ1) is 17.9. The summed E-state index contributed by atoms with van der Waals surface area (Å²) in [5.41, 5.74) is 5.65. The number of hydrogen-bond acceptors (Lipinski definition) is 7. The van der Waals surface area contributed by atoms with E-state index in [0.717, 1.165) is 0 Å². The van der Waals surface area contributed by atoms with Crippen molar-refractivity contribution < 1.29 is 15.3 Å². The molecule has 8 nitrogen and oxygen atoms in total. The summed E-state index contributed by atoms with van der Waals surface area (Å²) in [7, 11) is 0. The van der Waals surface area contributed by atoms with Gasteiger partial charge in [0.2, 0.25) is 5.28 Å². The van der Waals surface area contributed by atoms with Crippen LogP contribution in [0.25, 0.3) is 11.2 Å². The molecular weight excluding hydrogens is 322 g/mol. The van der Waals surface area contributed by atoms with E-state index in [9.17, 15) is 15.3 Å². The maximum Gasteiger partial charge on any atom is 0.226 e. The molecule has 0 aliphatic rings. The zero-order valence-electron chi connectivity index (χ0n) is 13.3. The van der Waals surface area contributed by atoms with Gasteiger partial charge < -0.3 is 21.1 Å². The fourth-order valence-electron chi connectivity index (χ4n) is 2.67. The second kappa shape index (κ2) is 6.56. The van der Waals surface area contributed by atoms with Crippen LogP contribution in [0.1, 0.15) is 27.0 Å². The Balaban J connectivity index is 2.52. The number of nitrogen functional groups attached to an aromatic ring is 1. The minimum atomic E-state index is -1.16. The third kappa shape index (κ3) is 2.99. The van der Waals surface area contributed by atoms with E-state index >= 15 is 0 Å². The number of fused-ring (bicyclic) bond motifs is 1. The molecule has 3 atom stereocenters. The van der Waals surface area contributed by atoms with Crippen LogP contribution >= 0.6 is 11.6 Å². The summed E-state index contributed by atoms with van der Waals surface area (Å²) in [6.45, 7) is 5.17. The zero-order valence-corrected chi connectivity index (χ0v) is 14.1. The van der Waals surface area contributed by atoms with Gasteiger partial charge in [-0.3, -0.25) is 4.57 Å². The second-order valence-corrected chi connectivity index (χ2v) is 6.56. The minimum absolute atomic E-state index is 0.0253. The molecule has 0 aliphatic heterocycles.